The van der Waals surface area contributed by atoms with Gasteiger partial charge < -0.3 is 10.6 Å². The molecule has 0 saturated heterocycles. The first kappa shape index (κ1) is 11.5. The predicted octanol–water partition coefficient (Wildman–Crippen LogP) is 1.79. The molecule has 0 heterocycles. The Morgan fingerprint density at radius 1 is 1.27 bits per heavy atom. The van der Waals surface area contributed by atoms with E-state index in [0.29, 0.717) is 19.5 Å². The molecule has 0 aliphatic carbocycles. The molecule has 0 amide bonds. The van der Waals surface area contributed by atoms with Crippen LogP contribution in [0.1, 0.15) is 6.42 Å². The molecule has 1 aromatic rings. The molecular formula is C11H16FN3. The minimum absolute atomic E-state index is 0.134. The summed E-state index contributed by atoms with van der Waals surface area (Å²) in [5, 5.41) is 7.14. The Hall–Kier alpha value is -1.58. The Labute approximate surface area is 89.2 Å². The summed E-state index contributed by atoms with van der Waals surface area (Å²) in [7, 11) is 0. The number of nitrogens with one attached hydrogen (secondary N) is 1. The number of halogens is 1. The zero-order valence-electron chi connectivity index (χ0n) is 8.62. The molecule has 0 unspecified atom stereocenters. The summed E-state index contributed by atoms with van der Waals surface area (Å²) < 4.78 is 12.3. The van der Waals surface area contributed by atoms with Crippen molar-refractivity contribution in [2.45, 2.75) is 6.42 Å². The zero-order valence-corrected chi connectivity index (χ0v) is 8.62. The van der Waals surface area contributed by atoms with Gasteiger partial charge in [0.25, 0.3) is 0 Å². The van der Waals surface area contributed by atoms with Crippen LogP contribution in [0.3, 0.4) is 0 Å². The van der Waals surface area contributed by atoms with Crippen LogP contribution >= 0.6 is 0 Å². The van der Waals surface area contributed by atoms with E-state index >= 15 is 0 Å². The highest BCUT2D eigenvalue weighted by Gasteiger charge is 2.05. The summed E-state index contributed by atoms with van der Waals surface area (Å²) in [6, 6.07) is 9.59. The SMILES string of the molecule is N=C(N)CCN(CCF)c1ccccc1. The fourth-order valence-electron chi connectivity index (χ4n) is 1.37. The number of benzene rings is 1. The summed E-state index contributed by atoms with van der Waals surface area (Å²) in [6.07, 6.45) is 0.467. The van der Waals surface area contributed by atoms with Crippen molar-refractivity contribution in [1.29, 1.82) is 5.41 Å². The molecule has 3 nitrogen and oxygen atoms in total. The van der Waals surface area contributed by atoms with Crippen LogP contribution < -0.4 is 10.6 Å². The highest BCUT2D eigenvalue weighted by molar-refractivity contribution is 5.77. The lowest BCUT2D eigenvalue weighted by Gasteiger charge is -2.23. The average molecular weight is 209 g/mol. The van der Waals surface area contributed by atoms with E-state index in [1.165, 1.54) is 0 Å². The maximum Gasteiger partial charge on any atom is 0.107 e. The van der Waals surface area contributed by atoms with Crippen molar-refractivity contribution >= 4 is 11.5 Å². The van der Waals surface area contributed by atoms with Crippen LogP contribution in [-0.2, 0) is 0 Å². The molecule has 1 aromatic carbocycles. The molecule has 0 aliphatic heterocycles. The van der Waals surface area contributed by atoms with Gasteiger partial charge in [0.15, 0.2) is 0 Å². The molecule has 15 heavy (non-hydrogen) atoms. The molecule has 3 N–H and O–H groups in total. The van der Waals surface area contributed by atoms with Gasteiger partial charge in [-0.2, -0.15) is 0 Å². The standard InChI is InChI=1S/C11H16FN3/c12-7-9-15(8-6-11(13)14)10-4-2-1-3-5-10/h1-5H,6-9H2,(H3,13,14). The third kappa shape index (κ3) is 3.97. The summed E-state index contributed by atoms with van der Waals surface area (Å²) >= 11 is 0. The van der Waals surface area contributed by atoms with Crippen molar-refractivity contribution in [1.82, 2.24) is 0 Å². The fourth-order valence-corrected chi connectivity index (χ4v) is 1.37. The van der Waals surface area contributed by atoms with Crippen LogP contribution in [0.4, 0.5) is 10.1 Å². The lowest BCUT2D eigenvalue weighted by Crippen LogP contribution is -2.29. The van der Waals surface area contributed by atoms with E-state index in [4.69, 9.17) is 11.1 Å². The number of amidine groups is 1. The van der Waals surface area contributed by atoms with E-state index in [-0.39, 0.29) is 5.84 Å². The second kappa shape index (κ2) is 6.01. The molecule has 0 aliphatic rings. The van der Waals surface area contributed by atoms with Crippen LogP contribution in [0.25, 0.3) is 0 Å². The van der Waals surface area contributed by atoms with E-state index < -0.39 is 6.67 Å². The van der Waals surface area contributed by atoms with Gasteiger partial charge in [-0.05, 0) is 12.1 Å². The smallest absolute Gasteiger partial charge is 0.107 e. The maximum absolute atomic E-state index is 12.3. The highest BCUT2D eigenvalue weighted by Crippen LogP contribution is 2.12. The highest BCUT2D eigenvalue weighted by atomic mass is 19.1. The van der Waals surface area contributed by atoms with E-state index in [9.17, 15) is 4.39 Å². The third-order valence-corrected chi connectivity index (χ3v) is 2.13. The predicted molar refractivity (Wildman–Crippen MR) is 61.2 cm³/mol. The Morgan fingerprint density at radius 3 is 2.47 bits per heavy atom. The lowest BCUT2D eigenvalue weighted by atomic mass is 10.2. The van der Waals surface area contributed by atoms with Gasteiger partial charge in [0.05, 0.1) is 5.84 Å². The largest absolute Gasteiger partial charge is 0.388 e. The number of para-hydroxylation sites is 1. The van der Waals surface area contributed by atoms with Crippen molar-refractivity contribution in [3.63, 3.8) is 0 Å². The van der Waals surface area contributed by atoms with Gasteiger partial charge in [-0.1, -0.05) is 18.2 Å². The summed E-state index contributed by atoms with van der Waals surface area (Å²) in [5.41, 5.74) is 6.25. The molecule has 0 atom stereocenters. The number of rotatable bonds is 6. The monoisotopic (exact) mass is 209 g/mol. The summed E-state index contributed by atoms with van der Waals surface area (Å²) in [6.45, 7) is 0.535. The van der Waals surface area contributed by atoms with Crippen molar-refractivity contribution in [2.24, 2.45) is 5.73 Å². The van der Waals surface area contributed by atoms with Crippen molar-refractivity contribution in [2.75, 3.05) is 24.7 Å². The van der Waals surface area contributed by atoms with Gasteiger partial charge >= 0.3 is 0 Å². The van der Waals surface area contributed by atoms with E-state index in [0.717, 1.165) is 5.69 Å². The second-order valence-electron chi connectivity index (χ2n) is 3.29. The number of hydrogen-bond acceptors (Lipinski definition) is 2. The van der Waals surface area contributed by atoms with Crippen LogP contribution in [0, 0.1) is 5.41 Å². The molecule has 1 rings (SSSR count). The van der Waals surface area contributed by atoms with Crippen molar-refractivity contribution < 1.29 is 4.39 Å². The minimum Gasteiger partial charge on any atom is -0.388 e. The number of nitrogens with two attached hydrogens (primary N) is 1. The number of alkyl halides is 1. The van der Waals surface area contributed by atoms with E-state index in [1.807, 2.05) is 35.2 Å². The summed E-state index contributed by atoms with van der Waals surface area (Å²) in [4.78, 5) is 1.89. The Balaban J connectivity index is 2.61. The molecular weight excluding hydrogens is 193 g/mol. The first-order valence-corrected chi connectivity index (χ1v) is 4.93. The van der Waals surface area contributed by atoms with Crippen LogP contribution in [0.5, 0.6) is 0 Å². The number of hydrogen-bond donors (Lipinski definition) is 2. The van der Waals surface area contributed by atoms with E-state index in [1.54, 1.807) is 0 Å². The second-order valence-corrected chi connectivity index (χ2v) is 3.29. The average Bonchev–Trinajstić information content (AvgIpc) is 2.25. The fraction of sp³-hybridized carbons (Fsp3) is 0.364. The van der Waals surface area contributed by atoms with Gasteiger partial charge in [-0.15, -0.1) is 0 Å². The molecule has 0 radical (unpaired) electrons. The molecule has 0 aromatic heterocycles. The maximum atomic E-state index is 12.3. The topological polar surface area (TPSA) is 53.1 Å². The molecule has 0 saturated carbocycles. The number of nitrogens with zero attached hydrogens (tertiary/aromatic N) is 1. The third-order valence-electron chi connectivity index (χ3n) is 2.13. The first-order chi connectivity index (χ1) is 7.24. The van der Waals surface area contributed by atoms with Gasteiger partial charge in [0.1, 0.15) is 6.67 Å². The van der Waals surface area contributed by atoms with Gasteiger partial charge in [0, 0.05) is 25.2 Å². The first-order valence-electron chi connectivity index (χ1n) is 4.93. The van der Waals surface area contributed by atoms with Crippen LogP contribution in [-0.4, -0.2) is 25.6 Å². The van der Waals surface area contributed by atoms with E-state index in [2.05, 4.69) is 0 Å². The number of anilines is 1. The molecule has 4 heteroatoms. The Morgan fingerprint density at radius 2 is 1.93 bits per heavy atom. The molecule has 82 valence electrons. The van der Waals surface area contributed by atoms with Crippen LogP contribution in [0.2, 0.25) is 0 Å². The van der Waals surface area contributed by atoms with Crippen molar-refractivity contribution in [3.8, 4) is 0 Å². The molecule has 0 bridgehead atoms. The molecule has 0 fully saturated rings. The molecule has 0 spiro atoms. The van der Waals surface area contributed by atoms with Crippen LogP contribution in [0.15, 0.2) is 30.3 Å². The van der Waals surface area contributed by atoms with Gasteiger partial charge in [-0.3, -0.25) is 5.41 Å². The Bertz CT molecular complexity index is 300. The Kier molecular flexibility index (Phi) is 4.60. The normalized spacial score (nSPS) is 9.93. The summed E-state index contributed by atoms with van der Waals surface area (Å²) in [5.74, 6) is 0.134. The zero-order chi connectivity index (χ0) is 11.1. The minimum atomic E-state index is -0.396. The quantitative estimate of drug-likeness (QED) is 0.554. The van der Waals surface area contributed by atoms with Gasteiger partial charge in [0.2, 0.25) is 0 Å². The lowest BCUT2D eigenvalue weighted by molar-refractivity contribution is 0.491. The van der Waals surface area contributed by atoms with Crippen molar-refractivity contribution in [3.05, 3.63) is 30.3 Å². The van der Waals surface area contributed by atoms with Gasteiger partial charge in [-0.25, -0.2) is 4.39 Å².